The third-order valence-electron chi connectivity index (χ3n) is 3.00. The van der Waals surface area contributed by atoms with Crippen molar-refractivity contribution >= 4 is 0 Å². The highest BCUT2D eigenvalue weighted by molar-refractivity contribution is 5.30. The summed E-state index contributed by atoms with van der Waals surface area (Å²) in [6.07, 6.45) is 10.9. The lowest BCUT2D eigenvalue weighted by Gasteiger charge is -2.22. The average Bonchev–Trinajstić information content (AvgIpc) is 2.40. The first-order valence-corrected chi connectivity index (χ1v) is 6.96. The maximum atomic E-state index is 8.85. The van der Waals surface area contributed by atoms with E-state index in [4.69, 9.17) is 16.6 Å². The van der Waals surface area contributed by atoms with Crippen LogP contribution in [0, 0.1) is 5.92 Å². The number of aliphatic hydroxyl groups is 1. The van der Waals surface area contributed by atoms with Gasteiger partial charge in [-0.25, -0.2) is 0 Å². The smallest absolute Gasteiger partial charge is 0.0616 e. The molecule has 0 radical (unpaired) electrons. The molecule has 0 heterocycles. The van der Waals surface area contributed by atoms with Gasteiger partial charge in [0.25, 0.3) is 0 Å². The van der Waals surface area contributed by atoms with Crippen molar-refractivity contribution in [3.8, 4) is 0 Å². The molecule has 3 nitrogen and oxygen atoms in total. The average molecular weight is 264 g/mol. The zero-order valence-corrected chi connectivity index (χ0v) is 12.2. The molecule has 0 aliphatic carbocycles. The Morgan fingerprint density at radius 3 is 2.42 bits per heavy atom. The number of aliphatic hydroxyl groups excluding tert-OH is 1. The largest absolute Gasteiger partial charge is 0.402 e. The van der Waals surface area contributed by atoms with Gasteiger partial charge in [-0.05, 0) is 30.6 Å². The zero-order chi connectivity index (χ0) is 14.7. The topological polar surface area (TPSA) is 72.3 Å². The van der Waals surface area contributed by atoms with Crippen LogP contribution in [0.4, 0.5) is 0 Å². The summed E-state index contributed by atoms with van der Waals surface area (Å²) < 4.78 is 0. The second-order valence-corrected chi connectivity index (χ2v) is 4.56. The molecule has 0 spiro atoms. The van der Waals surface area contributed by atoms with Crippen LogP contribution in [0.5, 0.6) is 0 Å². The molecule has 0 aromatic rings. The van der Waals surface area contributed by atoms with Crippen molar-refractivity contribution in [2.24, 2.45) is 17.4 Å². The van der Waals surface area contributed by atoms with Crippen molar-refractivity contribution in [3.05, 3.63) is 47.9 Å². The van der Waals surface area contributed by atoms with Gasteiger partial charge < -0.3 is 16.6 Å². The SMILES string of the molecule is C=C/C=C(/N)C(CCC)/C(CCC)=C(N)/C=C\CO. The second kappa shape index (κ2) is 10.4. The fourth-order valence-corrected chi connectivity index (χ4v) is 2.16. The molecule has 5 N–H and O–H groups in total. The van der Waals surface area contributed by atoms with Crippen molar-refractivity contribution in [2.75, 3.05) is 6.61 Å². The Labute approximate surface area is 117 Å². The number of hydrogen-bond donors (Lipinski definition) is 3. The molecule has 0 saturated carbocycles. The van der Waals surface area contributed by atoms with Crippen LogP contribution in [-0.2, 0) is 0 Å². The molecule has 0 aliphatic heterocycles. The predicted molar refractivity (Wildman–Crippen MR) is 83.2 cm³/mol. The molecule has 0 saturated heterocycles. The highest BCUT2D eigenvalue weighted by Gasteiger charge is 2.17. The fraction of sp³-hybridized carbons (Fsp3) is 0.500. The van der Waals surface area contributed by atoms with Gasteiger partial charge in [-0.2, -0.15) is 0 Å². The van der Waals surface area contributed by atoms with Crippen molar-refractivity contribution in [1.29, 1.82) is 0 Å². The second-order valence-electron chi connectivity index (χ2n) is 4.56. The Morgan fingerprint density at radius 1 is 1.26 bits per heavy atom. The first-order valence-electron chi connectivity index (χ1n) is 6.96. The minimum absolute atomic E-state index is 0.00344. The van der Waals surface area contributed by atoms with E-state index in [0.717, 1.165) is 42.7 Å². The predicted octanol–water partition coefficient (Wildman–Crippen LogP) is 2.99. The molecule has 0 rings (SSSR count). The van der Waals surface area contributed by atoms with Crippen LogP contribution in [0.1, 0.15) is 39.5 Å². The molecule has 0 aliphatic rings. The van der Waals surface area contributed by atoms with Crippen LogP contribution in [-0.4, -0.2) is 11.7 Å². The molecule has 19 heavy (non-hydrogen) atoms. The van der Waals surface area contributed by atoms with Crippen LogP contribution in [0.15, 0.2) is 47.9 Å². The Bertz CT molecular complexity index is 354. The number of allylic oxidation sites excluding steroid dienone is 4. The summed E-state index contributed by atoms with van der Waals surface area (Å²) in [6, 6.07) is 0. The van der Waals surface area contributed by atoms with Gasteiger partial charge in [0.1, 0.15) is 0 Å². The van der Waals surface area contributed by atoms with Gasteiger partial charge in [0, 0.05) is 17.3 Å². The Morgan fingerprint density at radius 2 is 1.95 bits per heavy atom. The molecule has 108 valence electrons. The standard InChI is InChI=1S/C16H28N2O/c1-4-8-13(15(17)10-6-3)14(9-5-2)16(18)11-7-12-19/h6-7,10-11,13,19H,3-5,8-9,12,17-18H2,1-2H3/b11-7-,15-10+,16-14-. The van der Waals surface area contributed by atoms with Gasteiger partial charge >= 0.3 is 0 Å². The fourth-order valence-electron chi connectivity index (χ4n) is 2.16. The summed E-state index contributed by atoms with van der Waals surface area (Å²) in [6.45, 7) is 7.95. The molecular weight excluding hydrogens is 236 g/mol. The molecule has 3 heteroatoms. The quantitative estimate of drug-likeness (QED) is 0.561. The summed E-state index contributed by atoms with van der Waals surface area (Å²) in [4.78, 5) is 0. The first-order chi connectivity index (χ1) is 9.12. The van der Waals surface area contributed by atoms with E-state index in [0.29, 0.717) is 0 Å². The Kier molecular flexibility index (Phi) is 9.63. The molecule has 0 fully saturated rings. The summed E-state index contributed by atoms with van der Waals surface area (Å²) >= 11 is 0. The van der Waals surface area contributed by atoms with Gasteiger partial charge in [-0.3, -0.25) is 0 Å². The van der Waals surface area contributed by atoms with Gasteiger partial charge in [0.05, 0.1) is 6.61 Å². The van der Waals surface area contributed by atoms with E-state index in [1.165, 1.54) is 0 Å². The van der Waals surface area contributed by atoms with Crippen LogP contribution in [0.2, 0.25) is 0 Å². The number of hydrogen-bond acceptors (Lipinski definition) is 3. The maximum absolute atomic E-state index is 8.85. The van der Waals surface area contributed by atoms with Crippen molar-refractivity contribution in [2.45, 2.75) is 39.5 Å². The van der Waals surface area contributed by atoms with E-state index in [9.17, 15) is 0 Å². The van der Waals surface area contributed by atoms with Crippen molar-refractivity contribution in [3.63, 3.8) is 0 Å². The molecule has 1 unspecified atom stereocenters. The molecule has 0 amide bonds. The zero-order valence-electron chi connectivity index (χ0n) is 12.2. The summed E-state index contributed by atoms with van der Waals surface area (Å²) in [5.74, 6) is 0.159. The summed E-state index contributed by atoms with van der Waals surface area (Å²) in [5, 5.41) is 8.85. The maximum Gasteiger partial charge on any atom is 0.0616 e. The number of rotatable bonds is 9. The summed E-state index contributed by atoms with van der Waals surface area (Å²) in [7, 11) is 0. The van der Waals surface area contributed by atoms with Crippen LogP contribution in [0.3, 0.4) is 0 Å². The molecule has 0 aromatic carbocycles. The molecular formula is C16H28N2O. The van der Waals surface area contributed by atoms with Crippen molar-refractivity contribution < 1.29 is 5.11 Å². The van der Waals surface area contributed by atoms with Gasteiger partial charge in [0.2, 0.25) is 0 Å². The van der Waals surface area contributed by atoms with E-state index in [-0.39, 0.29) is 12.5 Å². The minimum Gasteiger partial charge on any atom is -0.402 e. The van der Waals surface area contributed by atoms with Crippen molar-refractivity contribution in [1.82, 2.24) is 0 Å². The monoisotopic (exact) mass is 264 g/mol. The highest BCUT2D eigenvalue weighted by atomic mass is 16.2. The lowest BCUT2D eigenvalue weighted by atomic mass is 9.86. The van der Waals surface area contributed by atoms with E-state index >= 15 is 0 Å². The third-order valence-corrected chi connectivity index (χ3v) is 3.00. The Balaban J connectivity index is 5.44. The van der Waals surface area contributed by atoms with Crippen LogP contribution >= 0.6 is 0 Å². The number of nitrogens with two attached hydrogens (primary N) is 2. The van der Waals surface area contributed by atoms with E-state index in [1.54, 1.807) is 18.2 Å². The molecule has 0 aromatic heterocycles. The Hall–Kier alpha value is -1.48. The lowest BCUT2D eigenvalue weighted by Crippen LogP contribution is -2.18. The normalized spacial score (nSPS) is 15.4. The van der Waals surface area contributed by atoms with Crippen LogP contribution < -0.4 is 11.5 Å². The van der Waals surface area contributed by atoms with Gasteiger partial charge in [0.15, 0.2) is 0 Å². The third kappa shape index (κ3) is 6.30. The van der Waals surface area contributed by atoms with E-state index in [1.807, 2.05) is 6.08 Å². The van der Waals surface area contributed by atoms with Gasteiger partial charge in [-0.15, -0.1) is 0 Å². The van der Waals surface area contributed by atoms with Gasteiger partial charge in [-0.1, -0.05) is 45.4 Å². The van der Waals surface area contributed by atoms with E-state index < -0.39 is 0 Å². The highest BCUT2D eigenvalue weighted by Crippen LogP contribution is 2.28. The lowest BCUT2D eigenvalue weighted by molar-refractivity contribution is 0.342. The van der Waals surface area contributed by atoms with E-state index in [2.05, 4.69) is 20.4 Å². The van der Waals surface area contributed by atoms with Crippen LogP contribution in [0.25, 0.3) is 0 Å². The minimum atomic E-state index is -0.00344. The summed E-state index contributed by atoms with van der Waals surface area (Å²) in [5.41, 5.74) is 14.9. The molecule has 0 bridgehead atoms. The first kappa shape index (κ1) is 17.5. The molecule has 1 atom stereocenters.